The lowest BCUT2D eigenvalue weighted by Crippen LogP contribution is -2.21. The second-order valence-corrected chi connectivity index (χ2v) is 4.51. The molecule has 2 nitrogen and oxygen atoms in total. The van der Waals surface area contributed by atoms with E-state index in [0.29, 0.717) is 0 Å². The van der Waals surface area contributed by atoms with Gasteiger partial charge in [0, 0.05) is 16.6 Å². The minimum absolute atomic E-state index is 0.00134. The summed E-state index contributed by atoms with van der Waals surface area (Å²) in [7, 11) is 0. The molecule has 0 saturated heterocycles. The summed E-state index contributed by atoms with van der Waals surface area (Å²) < 4.78 is 38.4. The average molecular weight is 333 g/mol. The van der Waals surface area contributed by atoms with E-state index in [-0.39, 0.29) is 22.6 Å². The van der Waals surface area contributed by atoms with Gasteiger partial charge in [-0.2, -0.15) is 0 Å². The Bertz CT molecular complexity index is 369. The van der Waals surface area contributed by atoms with Gasteiger partial charge in [-0.05, 0) is 28.1 Å². The van der Waals surface area contributed by atoms with Gasteiger partial charge in [-0.25, -0.2) is 13.2 Å². The van der Waals surface area contributed by atoms with E-state index in [1.165, 1.54) is 0 Å². The summed E-state index contributed by atoms with van der Waals surface area (Å²) in [5, 5.41) is 11.8. The van der Waals surface area contributed by atoms with Crippen LogP contribution >= 0.6 is 27.5 Å². The van der Waals surface area contributed by atoms with Crippen molar-refractivity contribution in [1.82, 2.24) is 0 Å². The number of aliphatic hydroxyl groups excluding tert-OH is 1. The summed E-state index contributed by atoms with van der Waals surface area (Å²) in [4.78, 5) is 0. The topological polar surface area (TPSA) is 32.3 Å². The van der Waals surface area contributed by atoms with Gasteiger partial charge in [-0.3, -0.25) is 0 Å². The molecule has 1 rings (SSSR count). The van der Waals surface area contributed by atoms with Crippen molar-refractivity contribution in [2.45, 2.75) is 12.5 Å². The number of halogens is 5. The molecule has 0 amide bonds. The number of anilines is 1. The quantitative estimate of drug-likeness (QED) is 0.809. The summed E-state index contributed by atoms with van der Waals surface area (Å²) in [6.07, 6.45) is -3.57. The normalized spacial score (nSPS) is 12.9. The first-order chi connectivity index (χ1) is 7.95. The fourth-order valence-electron chi connectivity index (χ4n) is 1.16. The molecule has 0 fully saturated rings. The van der Waals surface area contributed by atoms with Crippen molar-refractivity contribution in [1.29, 1.82) is 0 Å². The number of alkyl halides is 3. The Balaban J connectivity index is 2.86. The van der Waals surface area contributed by atoms with Crippen molar-refractivity contribution in [3.8, 4) is 0 Å². The molecule has 2 N–H and O–H groups in total. The lowest BCUT2D eigenvalue weighted by Gasteiger charge is -2.13. The summed E-state index contributed by atoms with van der Waals surface area (Å²) in [5.74, 6) is -0.807. The third-order valence-corrected chi connectivity index (χ3v) is 2.99. The number of rotatable bonds is 5. The Labute approximate surface area is 110 Å². The molecule has 0 aromatic heterocycles. The average Bonchev–Trinajstić information content (AvgIpc) is 2.27. The van der Waals surface area contributed by atoms with Gasteiger partial charge in [0.2, 0.25) is 0 Å². The van der Waals surface area contributed by atoms with Crippen molar-refractivity contribution >= 4 is 33.2 Å². The molecule has 7 heteroatoms. The fourth-order valence-corrected chi connectivity index (χ4v) is 1.87. The van der Waals surface area contributed by atoms with Gasteiger partial charge < -0.3 is 10.4 Å². The maximum atomic E-state index is 13.5. The Morgan fingerprint density at radius 3 is 2.53 bits per heavy atom. The Morgan fingerprint density at radius 1 is 1.41 bits per heavy atom. The van der Waals surface area contributed by atoms with E-state index < -0.39 is 23.9 Å². The van der Waals surface area contributed by atoms with Gasteiger partial charge in [0.1, 0.15) is 5.82 Å². The highest BCUT2D eigenvalue weighted by molar-refractivity contribution is 9.10. The van der Waals surface area contributed by atoms with Crippen LogP contribution in [0.5, 0.6) is 0 Å². The summed E-state index contributed by atoms with van der Waals surface area (Å²) in [6, 6.07) is 1.88. The van der Waals surface area contributed by atoms with Crippen LogP contribution in [0.3, 0.4) is 0 Å². The standard InChI is InChI=1S/C10H10BrClF3NO/c11-7-1-5(10(14)15)2-8(13)9(7)16-4-6(17)3-12/h1-2,6,10,16-17H,3-4H2. The molecule has 0 spiro atoms. The zero-order chi connectivity index (χ0) is 13.0. The van der Waals surface area contributed by atoms with Crippen LogP contribution < -0.4 is 5.32 Å². The monoisotopic (exact) mass is 331 g/mol. The molecular formula is C10H10BrClF3NO. The van der Waals surface area contributed by atoms with Crippen LogP contribution in [0.15, 0.2) is 16.6 Å². The second kappa shape index (κ2) is 6.47. The number of aliphatic hydroxyl groups is 1. The van der Waals surface area contributed by atoms with Gasteiger partial charge in [0.15, 0.2) is 0 Å². The van der Waals surface area contributed by atoms with Crippen LogP contribution in [0.25, 0.3) is 0 Å². The summed E-state index contributed by atoms with van der Waals surface area (Å²) in [6.45, 7) is 0.0348. The molecular weight excluding hydrogens is 322 g/mol. The van der Waals surface area contributed by atoms with Crippen LogP contribution in [0.1, 0.15) is 12.0 Å². The Morgan fingerprint density at radius 2 is 2.06 bits per heavy atom. The molecule has 1 aromatic carbocycles. The van der Waals surface area contributed by atoms with E-state index in [4.69, 9.17) is 11.6 Å². The Kier molecular flexibility index (Phi) is 5.55. The molecule has 1 aromatic rings. The Hall–Kier alpha value is -0.460. The first kappa shape index (κ1) is 14.6. The fraction of sp³-hybridized carbons (Fsp3) is 0.400. The first-order valence-electron chi connectivity index (χ1n) is 4.70. The third-order valence-electron chi connectivity index (χ3n) is 2.01. The third kappa shape index (κ3) is 4.04. The predicted molar refractivity (Wildman–Crippen MR) is 64.3 cm³/mol. The van der Waals surface area contributed by atoms with Crippen molar-refractivity contribution in [2.75, 3.05) is 17.7 Å². The van der Waals surface area contributed by atoms with Gasteiger partial charge in [0.25, 0.3) is 6.43 Å². The predicted octanol–water partition coefficient (Wildman–Crippen LogP) is 3.54. The second-order valence-electron chi connectivity index (χ2n) is 3.35. The number of benzene rings is 1. The van der Waals surface area contributed by atoms with Gasteiger partial charge in [-0.1, -0.05) is 0 Å². The number of hydrogen-bond acceptors (Lipinski definition) is 2. The van der Waals surface area contributed by atoms with E-state index in [2.05, 4.69) is 21.2 Å². The van der Waals surface area contributed by atoms with Crippen LogP contribution in [0.4, 0.5) is 18.9 Å². The maximum absolute atomic E-state index is 13.5. The largest absolute Gasteiger partial charge is 0.390 e. The summed E-state index contributed by atoms with van der Waals surface area (Å²) >= 11 is 8.36. The SMILES string of the molecule is OC(CCl)CNc1c(F)cc(C(F)F)cc1Br. The van der Waals surface area contributed by atoms with Crippen LogP contribution in [-0.2, 0) is 0 Å². The van der Waals surface area contributed by atoms with E-state index in [1.807, 2.05) is 0 Å². The molecule has 1 unspecified atom stereocenters. The zero-order valence-electron chi connectivity index (χ0n) is 8.56. The van der Waals surface area contributed by atoms with E-state index >= 15 is 0 Å². The van der Waals surface area contributed by atoms with Crippen molar-refractivity contribution in [3.63, 3.8) is 0 Å². The molecule has 96 valence electrons. The minimum atomic E-state index is -2.73. The van der Waals surface area contributed by atoms with Crippen LogP contribution in [0, 0.1) is 5.82 Å². The van der Waals surface area contributed by atoms with Crippen LogP contribution in [0.2, 0.25) is 0 Å². The summed E-state index contributed by atoms with van der Waals surface area (Å²) in [5.41, 5.74) is -0.378. The van der Waals surface area contributed by atoms with E-state index in [9.17, 15) is 18.3 Å². The van der Waals surface area contributed by atoms with E-state index in [0.717, 1.165) is 12.1 Å². The zero-order valence-corrected chi connectivity index (χ0v) is 10.9. The number of nitrogens with one attached hydrogen (secondary N) is 1. The van der Waals surface area contributed by atoms with Gasteiger partial charge >= 0.3 is 0 Å². The van der Waals surface area contributed by atoms with E-state index in [1.54, 1.807) is 0 Å². The molecule has 0 radical (unpaired) electrons. The first-order valence-corrected chi connectivity index (χ1v) is 6.03. The molecule has 0 bridgehead atoms. The molecule has 0 saturated carbocycles. The molecule has 0 heterocycles. The number of hydrogen-bond donors (Lipinski definition) is 2. The van der Waals surface area contributed by atoms with Crippen LogP contribution in [-0.4, -0.2) is 23.6 Å². The molecule has 0 aliphatic heterocycles. The highest BCUT2D eigenvalue weighted by Crippen LogP contribution is 2.31. The minimum Gasteiger partial charge on any atom is -0.390 e. The molecule has 1 atom stereocenters. The molecule has 17 heavy (non-hydrogen) atoms. The highest BCUT2D eigenvalue weighted by Gasteiger charge is 2.15. The highest BCUT2D eigenvalue weighted by atomic mass is 79.9. The molecule has 0 aliphatic carbocycles. The lowest BCUT2D eigenvalue weighted by atomic mass is 10.2. The van der Waals surface area contributed by atoms with Crippen molar-refractivity contribution < 1.29 is 18.3 Å². The van der Waals surface area contributed by atoms with Gasteiger partial charge in [-0.15, -0.1) is 11.6 Å². The van der Waals surface area contributed by atoms with Crippen molar-refractivity contribution in [3.05, 3.63) is 28.0 Å². The molecule has 0 aliphatic rings. The smallest absolute Gasteiger partial charge is 0.263 e. The van der Waals surface area contributed by atoms with Gasteiger partial charge in [0.05, 0.1) is 17.7 Å². The lowest BCUT2D eigenvalue weighted by molar-refractivity contribution is 0.151. The van der Waals surface area contributed by atoms with Crippen molar-refractivity contribution in [2.24, 2.45) is 0 Å². The maximum Gasteiger partial charge on any atom is 0.263 e.